The number of nitrogens with two attached hydrogens (primary N) is 1. The summed E-state index contributed by atoms with van der Waals surface area (Å²) < 4.78 is 1.05. The second-order valence-electron chi connectivity index (χ2n) is 3.96. The molecule has 4 nitrogen and oxygen atoms in total. The number of halogens is 1. The van der Waals surface area contributed by atoms with Crippen molar-refractivity contribution in [2.75, 3.05) is 6.54 Å². The summed E-state index contributed by atoms with van der Waals surface area (Å²) in [6.45, 7) is 0.666. The number of fused-ring (bicyclic) bond motifs is 1. The lowest BCUT2D eigenvalue weighted by Gasteiger charge is -2.13. The largest absolute Gasteiger partial charge is 0.370 e. The van der Waals surface area contributed by atoms with Crippen LogP contribution in [0.5, 0.6) is 0 Å². The Labute approximate surface area is 107 Å². The van der Waals surface area contributed by atoms with E-state index in [1.54, 1.807) is 6.20 Å². The molecule has 86 valence electrons. The zero-order chi connectivity index (χ0) is 11.8. The number of rotatable bonds is 1. The van der Waals surface area contributed by atoms with Crippen LogP contribution in [0.2, 0.25) is 0 Å². The van der Waals surface area contributed by atoms with Crippen molar-refractivity contribution in [2.45, 2.75) is 6.04 Å². The van der Waals surface area contributed by atoms with Crippen LogP contribution in [0, 0.1) is 0 Å². The van der Waals surface area contributed by atoms with Gasteiger partial charge in [-0.3, -0.25) is 9.98 Å². The fourth-order valence-electron chi connectivity index (χ4n) is 2.08. The van der Waals surface area contributed by atoms with Crippen LogP contribution >= 0.6 is 15.9 Å². The maximum Gasteiger partial charge on any atom is 0.189 e. The van der Waals surface area contributed by atoms with Crippen LogP contribution in [-0.2, 0) is 0 Å². The van der Waals surface area contributed by atoms with Crippen molar-refractivity contribution in [3.05, 3.63) is 40.5 Å². The van der Waals surface area contributed by atoms with Crippen LogP contribution in [0.25, 0.3) is 10.9 Å². The Hall–Kier alpha value is -1.62. The third kappa shape index (κ3) is 1.76. The van der Waals surface area contributed by atoms with E-state index >= 15 is 0 Å². The predicted molar refractivity (Wildman–Crippen MR) is 71.8 cm³/mol. The Morgan fingerprint density at radius 2 is 2.24 bits per heavy atom. The number of aliphatic imine (C=N–C) groups is 1. The molecule has 0 amide bonds. The van der Waals surface area contributed by atoms with Crippen LogP contribution in [0.1, 0.15) is 11.6 Å². The van der Waals surface area contributed by atoms with Gasteiger partial charge in [0.05, 0.1) is 18.1 Å². The molecule has 1 aromatic heterocycles. The first-order valence-electron chi connectivity index (χ1n) is 5.35. The Balaban J connectivity index is 2.15. The molecular formula is C12H11BrN4. The van der Waals surface area contributed by atoms with Gasteiger partial charge < -0.3 is 11.1 Å². The van der Waals surface area contributed by atoms with Crippen molar-refractivity contribution >= 4 is 32.8 Å². The lowest BCUT2D eigenvalue weighted by molar-refractivity contribution is 0.712. The molecule has 17 heavy (non-hydrogen) atoms. The fraction of sp³-hybridized carbons (Fsp3) is 0.167. The fourth-order valence-corrected chi connectivity index (χ4v) is 2.53. The van der Waals surface area contributed by atoms with Crippen LogP contribution < -0.4 is 11.1 Å². The lowest BCUT2D eigenvalue weighted by atomic mass is 10.0. The van der Waals surface area contributed by atoms with Crippen molar-refractivity contribution < 1.29 is 0 Å². The van der Waals surface area contributed by atoms with Crippen LogP contribution in [0.15, 0.2) is 39.9 Å². The SMILES string of the molecule is NC1=NCC(c2ccc(Br)c3cccnc23)N1. The van der Waals surface area contributed by atoms with Gasteiger partial charge in [0, 0.05) is 21.6 Å². The molecule has 0 aliphatic carbocycles. The highest BCUT2D eigenvalue weighted by Gasteiger charge is 2.20. The molecular weight excluding hydrogens is 280 g/mol. The predicted octanol–water partition coefficient (Wildman–Crippen LogP) is 1.96. The Kier molecular flexibility index (Phi) is 2.48. The molecule has 0 fully saturated rings. The average molecular weight is 291 g/mol. The topological polar surface area (TPSA) is 63.3 Å². The minimum Gasteiger partial charge on any atom is -0.370 e. The molecule has 1 aliphatic heterocycles. The van der Waals surface area contributed by atoms with E-state index in [0.29, 0.717) is 12.5 Å². The highest BCUT2D eigenvalue weighted by Crippen LogP contribution is 2.29. The smallest absolute Gasteiger partial charge is 0.189 e. The molecule has 3 N–H and O–H groups in total. The molecule has 3 rings (SSSR count). The zero-order valence-corrected chi connectivity index (χ0v) is 10.6. The molecule has 0 spiro atoms. The van der Waals surface area contributed by atoms with Gasteiger partial charge in [0.1, 0.15) is 0 Å². The third-order valence-electron chi connectivity index (χ3n) is 2.89. The van der Waals surface area contributed by atoms with Gasteiger partial charge in [0.2, 0.25) is 0 Å². The van der Waals surface area contributed by atoms with Gasteiger partial charge in [0.15, 0.2) is 5.96 Å². The summed E-state index contributed by atoms with van der Waals surface area (Å²) in [5, 5.41) is 4.26. The van der Waals surface area contributed by atoms with Crippen molar-refractivity contribution in [3.63, 3.8) is 0 Å². The van der Waals surface area contributed by atoms with Crippen molar-refractivity contribution in [3.8, 4) is 0 Å². The molecule has 1 aliphatic rings. The Bertz CT molecular complexity index is 608. The summed E-state index contributed by atoms with van der Waals surface area (Å²) in [5.41, 5.74) is 7.77. The molecule has 0 radical (unpaired) electrons. The molecule has 0 bridgehead atoms. The van der Waals surface area contributed by atoms with E-state index in [-0.39, 0.29) is 6.04 Å². The first kappa shape index (κ1) is 10.5. The first-order chi connectivity index (χ1) is 8.25. The number of pyridine rings is 1. The molecule has 2 heterocycles. The van der Waals surface area contributed by atoms with E-state index in [1.165, 1.54) is 0 Å². The second kappa shape index (κ2) is 4.00. The normalized spacial score (nSPS) is 19.1. The maximum atomic E-state index is 5.65. The van der Waals surface area contributed by atoms with Crippen LogP contribution in [0.4, 0.5) is 0 Å². The molecule has 1 unspecified atom stereocenters. The van der Waals surface area contributed by atoms with Gasteiger partial charge in [-0.05, 0) is 12.1 Å². The minimum atomic E-state index is 0.125. The van der Waals surface area contributed by atoms with E-state index in [0.717, 1.165) is 20.9 Å². The summed E-state index contributed by atoms with van der Waals surface area (Å²) in [4.78, 5) is 8.62. The number of nitrogens with zero attached hydrogens (tertiary/aromatic N) is 2. The van der Waals surface area contributed by atoms with Crippen LogP contribution in [0.3, 0.4) is 0 Å². The Morgan fingerprint density at radius 1 is 1.35 bits per heavy atom. The highest BCUT2D eigenvalue weighted by atomic mass is 79.9. The van der Waals surface area contributed by atoms with E-state index in [4.69, 9.17) is 5.73 Å². The summed E-state index contributed by atoms with van der Waals surface area (Å²) in [7, 11) is 0. The van der Waals surface area contributed by atoms with E-state index in [2.05, 4.69) is 43.4 Å². The number of hydrogen-bond donors (Lipinski definition) is 2. The second-order valence-corrected chi connectivity index (χ2v) is 4.81. The maximum absolute atomic E-state index is 5.65. The van der Waals surface area contributed by atoms with Gasteiger partial charge in [-0.1, -0.05) is 28.1 Å². The number of hydrogen-bond acceptors (Lipinski definition) is 4. The quantitative estimate of drug-likeness (QED) is 0.844. The molecule has 2 aromatic rings. The van der Waals surface area contributed by atoms with E-state index in [9.17, 15) is 0 Å². The molecule has 0 saturated carbocycles. The summed E-state index contributed by atoms with van der Waals surface area (Å²) in [5.74, 6) is 0.502. The van der Waals surface area contributed by atoms with Gasteiger partial charge in [-0.2, -0.15) is 0 Å². The number of aromatic nitrogens is 1. The monoisotopic (exact) mass is 290 g/mol. The number of guanidine groups is 1. The van der Waals surface area contributed by atoms with Gasteiger partial charge in [0.25, 0.3) is 0 Å². The molecule has 5 heteroatoms. The standard InChI is InChI=1S/C12H11BrN4/c13-9-4-3-8(10-6-16-12(14)17-10)11-7(9)2-1-5-15-11/h1-5,10H,6H2,(H3,14,16,17). The van der Waals surface area contributed by atoms with Crippen molar-refractivity contribution in [1.29, 1.82) is 0 Å². The third-order valence-corrected chi connectivity index (χ3v) is 3.58. The number of benzene rings is 1. The van der Waals surface area contributed by atoms with Crippen molar-refractivity contribution in [1.82, 2.24) is 10.3 Å². The molecule has 0 saturated heterocycles. The first-order valence-corrected chi connectivity index (χ1v) is 6.14. The van der Waals surface area contributed by atoms with E-state index < -0.39 is 0 Å². The Morgan fingerprint density at radius 3 is 3.00 bits per heavy atom. The summed E-state index contributed by atoms with van der Waals surface area (Å²) >= 11 is 3.54. The molecule has 1 atom stereocenters. The van der Waals surface area contributed by atoms with Gasteiger partial charge >= 0.3 is 0 Å². The molecule has 1 aromatic carbocycles. The minimum absolute atomic E-state index is 0.125. The number of nitrogens with one attached hydrogen (secondary N) is 1. The van der Waals surface area contributed by atoms with Crippen LogP contribution in [-0.4, -0.2) is 17.5 Å². The highest BCUT2D eigenvalue weighted by molar-refractivity contribution is 9.10. The van der Waals surface area contributed by atoms with Gasteiger partial charge in [-0.25, -0.2) is 0 Å². The van der Waals surface area contributed by atoms with Gasteiger partial charge in [-0.15, -0.1) is 0 Å². The summed E-state index contributed by atoms with van der Waals surface area (Å²) in [6.07, 6.45) is 1.80. The summed E-state index contributed by atoms with van der Waals surface area (Å²) in [6, 6.07) is 8.21. The lowest BCUT2D eigenvalue weighted by Crippen LogP contribution is -2.29. The zero-order valence-electron chi connectivity index (χ0n) is 9.02. The van der Waals surface area contributed by atoms with Crippen molar-refractivity contribution in [2.24, 2.45) is 10.7 Å². The average Bonchev–Trinajstić information content (AvgIpc) is 2.77. The van der Waals surface area contributed by atoms with E-state index in [1.807, 2.05) is 12.1 Å².